The summed E-state index contributed by atoms with van der Waals surface area (Å²) in [6.07, 6.45) is 0. The molecule has 0 bridgehead atoms. The first kappa shape index (κ1) is 12.1. The third kappa shape index (κ3) is 3.66. The first-order valence-corrected chi connectivity index (χ1v) is 4.54. The molecule has 6 nitrogen and oxygen atoms in total. The number of hydroxylamine groups is 1. The minimum Gasteiger partial charge on any atom is -0.495 e. The predicted octanol–water partition coefficient (Wildman–Crippen LogP) is 2.11. The average Bonchev–Trinajstić information content (AvgIpc) is 2.27. The molecule has 0 aliphatic rings. The standard InChI is InChI=1S/C10H12N3O3/c1-3-16-10(14)8-4-6-9(7-5-8)11-12-13(2)15/h4-7,15H,1,3H2,2H3/q-1/p+1. The second-order valence-electron chi connectivity index (χ2n) is 2.86. The third-order valence-electron chi connectivity index (χ3n) is 1.63. The van der Waals surface area contributed by atoms with Crippen molar-refractivity contribution >= 4 is 11.7 Å². The molecular weight excluding hydrogens is 210 g/mol. The number of hydrogen-bond donors (Lipinski definition) is 1. The van der Waals surface area contributed by atoms with Gasteiger partial charge in [-0.25, -0.2) is 4.79 Å². The van der Waals surface area contributed by atoms with Crippen LogP contribution < -0.4 is 0 Å². The minimum atomic E-state index is -0.433. The molecular formula is C10H13N3O3. The number of nitrogens with zero attached hydrogens (tertiary/aromatic N) is 3. The lowest BCUT2D eigenvalue weighted by molar-refractivity contribution is -0.0707. The Morgan fingerprint density at radius 2 is 2.19 bits per heavy atom. The molecule has 6 heteroatoms. The van der Waals surface area contributed by atoms with Gasteiger partial charge in [-0.2, -0.15) is 5.17 Å². The van der Waals surface area contributed by atoms with Crippen molar-refractivity contribution in [3.8, 4) is 0 Å². The number of rotatable bonds is 4. The zero-order valence-electron chi connectivity index (χ0n) is 9.83. The highest BCUT2D eigenvalue weighted by Gasteiger charge is 2.03. The molecule has 0 aliphatic heterocycles. The van der Waals surface area contributed by atoms with Crippen LogP contribution in [-0.4, -0.2) is 30.0 Å². The fourth-order valence-corrected chi connectivity index (χ4v) is 0.957. The van der Waals surface area contributed by atoms with Crippen LogP contribution in [0, 0.1) is 6.92 Å². The van der Waals surface area contributed by atoms with E-state index in [1.54, 1.807) is 24.3 Å². The molecule has 0 aromatic heterocycles. The van der Waals surface area contributed by atoms with Crippen LogP contribution in [0.15, 0.2) is 34.6 Å². The summed E-state index contributed by atoms with van der Waals surface area (Å²) in [4.78, 5) is 11.3. The van der Waals surface area contributed by atoms with Crippen LogP contribution in [0.25, 0.3) is 0 Å². The summed E-state index contributed by atoms with van der Waals surface area (Å²) in [5, 5.41) is 16.4. The molecule has 0 aliphatic carbocycles. The zero-order chi connectivity index (χ0) is 12.0. The Morgan fingerprint density at radius 3 is 2.69 bits per heavy atom. The first-order chi connectivity index (χ1) is 7.63. The minimum absolute atomic E-state index is 0. The average molecular weight is 223 g/mol. The van der Waals surface area contributed by atoms with Gasteiger partial charge >= 0.3 is 7.40 Å². The molecule has 0 unspecified atom stereocenters. The second kappa shape index (κ2) is 5.82. The number of benzene rings is 1. The topological polar surface area (TPSA) is 74.5 Å². The largest absolute Gasteiger partial charge is 1.00 e. The van der Waals surface area contributed by atoms with Gasteiger partial charge in [-0.3, -0.25) is 5.21 Å². The van der Waals surface area contributed by atoms with Gasteiger partial charge in [0.2, 0.25) is 0 Å². The highest BCUT2D eigenvalue weighted by molar-refractivity contribution is 5.89. The Hall–Kier alpha value is -1.95. The van der Waals surface area contributed by atoms with E-state index in [4.69, 9.17) is 9.94 Å². The fraction of sp³-hybridized carbons (Fsp3) is 0.200. The van der Waals surface area contributed by atoms with Crippen LogP contribution in [0.4, 0.5) is 5.69 Å². The van der Waals surface area contributed by atoms with Crippen LogP contribution in [0.5, 0.6) is 0 Å². The molecule has 1 N–H and O–H groups in total. The van der Waals surface area contributed by atoms with Gasteiger partial charge in [0.25, 0.3) is 0 Å². The van der Waals surface area contributed by atoms with Crippen LogP contribution in [0.3, 0.4) is 0 Å². The van der Waals surface area contributed by atoms with Crippen molar-refractivity contribution in [1.82, 2.24) is 5.17 Å². The summed E-state index contributed by atoms with van der Waals surface area (Å²) in [5.74, 6) is -0.433. The quantitative estimate of drug-likeness (QED) is 0.367. The first-order valence-electron chi connectivity index (χ1n) is 4.54. The molecule has 0 radical (unpaired) electrons. The van der Waals surface area contributed by atoms with Gasteiger partial charge in [0, 0.05) is 0 Å². The number of esters is 1. The molecule has 16 heavy (non-hydrogen) atoms. The van der Waals surface area contributed by atoms with E-state index in [0.717, 1.165) is 0 Å². The van der Waals surface area contributed by atoms with Crippen molar-refractivity contribution in [2.45, 2.75) is 0 Å². The molecule has 0 amide bonds. The van der Waals surface area contributed by atoms with Crippen molar-refractivity contribution in [3.63, 3.8) is 0 Å². The van der Waals surface area contributed by atoms with Gasteiger partial charge in [-0.1, -0.05) is 0 Å². The van der Waals surface area contributed by atoms with Crippen LogP contribution in [0.2, 0.25) is 0 Å². The van der Waals surface area contributed by atoms with E-state index in [-0.39, 0.29) is 8.03 Å². The van der Waals surface area contributed by atoms with Gasteiger partial charge in [0.05, 0.1) is 18.3 Å². The molecule has 0 atom stereocenters. The molecule has 0 saturated carbocycles. The van der Waals surface area contributed by atoms with Crippen molar-refractivity contribution in [2.75, 3.05) is 13.7 Å². The van der Waals surface area contributed by atoms with E-state index in [1.807, 2.05) is 0 Å². The molecule has 1 aromatic rings. The Labute approximate surface area is 94.6 Å². The highest BCUT2D eigenvalue weighted by Crippen LogP contribution is 2.14. The molecule has 86 valence electrons. The van der Waals surface area contributed by atoms with E-state index in [9.17, 15) is 4.79 Å². The maximum Gasteiger partial charge on any atom is 1.00 e. The summed E-state index contributed by atoms with van der Waals surface area (Å²) in [6, 6.07) is 6.30. The van der Waals surface area contributed by atoms with Gasteiger partial charge in [-0.05, 0) is 36.1 Å². The van der Waals surface area contributed by atoms with Gasteiger partial charge < -0.3 is 11.7 Å². The van der Waals surface area contributed by atoms with E-state index in [0.29, 0.717) is 16.4 Å². The van der Waals surface area contributed by atoms with Gasteiger partial charge in [0.1, 0.15) is 0 Å². The summed E-state index contributed by atoms with van der Waals surface area (Å²) >= 11 is 0. The fourth-order valence-electron chi connectivity index (χ4n) is 0.957. The Bertz CT molecular complexity index is 379. The molecule has 0 heterocycles. The normalized spacial score (nSPS) is 10.4. The number of carbonyl (C=O) groups is 1. The summed E-state index contributed by atoms with van der Waals surface area (Å²) in [5.41, 5.74) is 0.937. The van der Waals surface area contributed by atoms with Crippen LogP contribution in [0.1, 0.15) is 11.8 Å². The lowest BCUT2D eigenvalue weighted by Crippen LogP contribution is -2.04. The second-order valence-corrected chi connectivity index (χ2v) is 2.86. The van der Waals surface area contributed by atoms with Crippen molar-refractivity contribution in [1.29, 1.82) is 0 Å². The molecule has 0 fully saturated rings. The maximum absolute atomic E-state index is 11.3. The lowest BCUT2D eigenvalue weighted by Gasteiger charge is -2.04. The van der Waals surface area contributed by atoms with Gasteiger partial charge in [0.15, 0.2) is 0 Å². The van der Waals surface area contributed by atoms with Crippen LogP contribution >= 0.6 is 0 Å². The Morgan fingerprint density at radius 1 is 1.56 bits per heavy atom. The smallest absolute Gasteiger partial charge is 0.495 e. The molecule has 0 spiro atoms. The number of hydrogen-bond acceptors (Lipinski definition) is 5. The van der Waals surface area contributed by atoms with E-state index < -0.39 is 5.97 Å². The third-order valence-corrected chi connectivity index (χ3v) is 1.63. The SMILES string of the molecule is [CH2-]COC(=O)c1ccc(N=NN(C)O)cc1.[H+]. The maximum atomic E-state index is 11.3. The zero-order valence-corrected chi connectivity index (χ0v) is 8.83. The monoisotopic (exact) mass is 223 g/mol. The van der Waals surface area contributed by atoms with Crippen molar-refractivity contribution in [3.05, 3.63) is 36.8 Å². The predicted molar refractivity (Wildman–Crippen MR) is 57.3 cm³/mol. The van der Waals surface area contributed by atoms with E-state index in [2.05, 4.69) is 17.3 Å². The van der Waals surface area contributed by atoms with E-state index >= 15 is 0 Å². The molecule has 0 saturated heterocycles. The van der Waals surface area contributed by atoms with Gasteiger partial charge in [-0.15, -0.1) is 5.11 Å². The highest BCUT2D eigenvalue weighted by atomic mass is 16.5. The number of ether oxygens (including phenoxy) is 1. The molecule has 1 aromatic carbocycles. The summed E-state index contributed by atoms with van der Waals surface area (Å²) in [6.45, 7) is 3.50. The summed E-state index contributed by atoms with van der Waals surface area (Å²) < 4.78 is 4.71. The van der Waals surface area contributed by atoms with Crippen molar-refractivity contribution in [2.24, 2.45) is 10.3 Å². The van der Waals surface area contributed by atoms with E-state index in [1.165, 1.54) is 7.05 Å². The Kier molecular flexibility index (Phi) is 4.41. The summed E-state index contributed by atoms with van der Waals surface area (Å²) in [7, 11) is 1.34. The van der Waals surface area contributed by atoms with Crippen molar-refractivity contribution < 1.29 is 16.2 Å². The number of carbonyl (C=O) groups excluding carboxylic acids is 1. The van der Waals surface area contributed by atoms with Crippen LogP contribution in [-0.2, 0) is 4.74 Å². The lowest BCUT2D eigenvalue weighted by atomic mass is 10.2. The molecule has 1 rings (SSSR count). The Balaban J connectivity index is 0.00000256.